The van der Waals surface area contributed by atoms with Crippen LogP contribution in [0.25, 0.3) is 11.6 Å². The van der Waals surface area contributed by atoms with Crippen molar-refractivity contribution in [1.82, 2.24) is 15.5 Å². The van der Waals surface area contributed by atoms with Gasteiger partial charge < -0.3 is 14.3 Å². The minimum atomic E-state index is -0.0252. The SMILES string of the molecule is CC(C)NC(=O)CCc1nc(-c2ccco2)no1. The predicted octanol–water partition coefficient (Wildman–Crippen LogP) is 1.79. The van der Waals surface area contributed by atoms with E-state index in [9.17, 15) is 4.79 Å². The highest BCUT2D eigenvalue weighted by Gasteiger charge is 2.12. The number of nitrogens with one attached hydrogen (secondary N) is 1. The van der Waals surface area contributed by atoms with Crippen LogP contribution < -0.4 is 5.32 Å². The maximum Gasteiger partial charge on any atom is 0.238 e. The summed E-state index contributed by atoms with van der Waals surface area (Å²) in [4.78, 5) is 15.6. The van der Waals surface area contributed by atoms with Crippen molar-refractivity contribution in [1.29, 1.82) is 0 Å². The Hall–Kier alpha value is -2.11. The normalized spacial score (nSPS) is 10.8. The minimum absolute atomic E-state index is 0.0252. The van der Waals surface area contributed by atoms with E-state index in [0.29, 0.717) is 30.3 Å². The molecule has 2 aromatic heterocycles. The average Bonchev–Trinajstić information content (AvgIpc) is 2.96. The maximum absolute atomic E-state index is 11.4. The summed E-state index contributed by atoms with van der Waals surface area (Å²) in [6.45, 7) is 3.83. The van der Waals surface area contributed by atoms with Crippen molar-refractivity contribution in [3.63, 3.8) is 0 Å². The summed E-state index contributed by atoms with van der Waals surface area (Å²) in [5.74, 6) is 1.36. The number of carbonyl (C=O) groups is 1. The topological polar surface area (TPSA) is 81.2 Å². The van der Waals surface area contributed by atoms with Gasteiger partial charge in [-0.3, -0.25) is 4.79 Å². The second-order valence-electron chi connectivity index (χ2n) is 4.21. The summed E-state index contributed by atoms with van der Waals surface area (Å²) >= 11 is 0. The Bertz CT molecular complexity index is 502. The van der Waals surface area contributed by atoms with Crippen molar-refractivity contribution in [2.45, 2.75) is 32.7 Å². The number of nitrogens with zero attached hydrogens (tertiary/aromatic N) is 2. The molecule has 0 saturated heterocycles. The van der Waals surface area contributed by atoms with Crippen LogP contribution in [0, 0.1) is 0 Å². The highest BCUT2D eigenvalue weighted by molar-refractivity contribution is 5.76. The molecule has 0 fully saturated rings. The Kier molecular flexibility index (Phi) is 3.76. The molecule has 0 atom stereocenters. The minimum Gasteiger partial charge on any atom is -0.461 e. The number of carbonyl (C=O) groups excluding carboxylic acids is 1. The Morgan fingerprint density at radius 3 is 3.00 bits per heavy atom. The summed E-state index contributed by atoms with van der Waals surface area (Å²) < 4.78 is 10.2. The van der Waals surface area contributed by atoms with Crippen molar-refractivity contribution in [2.75, 3.05) is 0 Å². The Morgan fingerprint density at radius 2 is 2.33 bits per heavy atom. The summed E-state index contributed by atoms with van der Waals surface area (Å²) in [6, 6.07) is 3.64. The summed E-state index contributed by atoms with van der Waals surface area (Å²) in [5, 5.41) is 6.59. The van der Waals surface area contributed by atoms with Crippen molar-refractivity contribution in [2.24, 2.45) is 0 Å². The summed E-state index contributed by atoms with van der Waals surface area (Å²) in [7, 11) is 0. The smallest absolute Gasteiger partial charge is 0.238 e. The first-order valence-corrected chi connectivity index (χ1v) is 5.81. The van der Waals surface area contributed by atoms with Crippen molar-refractivity contribution < 1.29 is 13.7 Å². The molecule has 6 heteroatoms. The van der Waals surface area contributed by atoms with Crippen LogP contribution in [0.15, 0.2) is 27.3 Å². The molecule has 0 bridgehead atoms. The lowest BCUT2D eigenvalue weighted by molar-refractivity contribution is -0.121. The average molecular weight is 249 g/mol. The number of hydrogen-bond donors (Lipinski definition) is 1. The summed E-state index contributed by atoms with van der Waals surface area (Å²) in [6.07, 6.45) is 2.30. The molecule has 0 aliphatic rings. The number of amides is 1. The molecular weight excluding hydrogens is 234 g/mol. The van der Waals surface area contributed by atoms with Crippen molar-refractivity contribution in [3.8, 4) is 11.6 Å². The monoisotopic (exact) mass is 249 g/mol. The van der Waals surface area contributed by atoms with Crippen LogP contribution >= 0.6 is 0 Å². The Morgan fingerprint density at radius 1 is 1.50 bits per heavy atom. The lowest BCUT2D eigenvalue weighted by Gasteiger charge is -2.06. The van der Waals surface area contributed by atoms with E-state index >= 15 is 0 Å². The largest absolute Gasteiger partial charge is 0.461 e. The maximum atomic E-state index is 11.4. The van der Waals surface area contributed by atoms with Crippen LogP contribution in [0.4, 0.5) is 0 Å². The van der Waals surface area contributed by atoms with Crippen LogP contribution in [-0.2, 0) is 11.2 Å². The second-order valence-corrected chi connectivity index (χ2v) is 4.21. The number of aromatic nitrogens is 2. The number of furan rings is 1. The molecule has 2 rings (SSSR count). The van der Waals surface area contributed by atoms with Crippen LogP contribution in [-0.4, -0.2) is 22.1 Å². The molecule has 1 amide bonds. The lowest BCUT2D eigenvalue weighted by atomic mass is 10.2. The highest BCUT2D eigenvalue weighted by Crippen LogP contribution is 2.16. The van der Waals surface area contributed by atoms with E-state index in [1.807, 2.05) is 13.8 Å². The third-order valence-corrected chi connectivity index (χ3v) is 2.23. The van der Waals surface area contributed by atoms with E-state index in [2.05, 4.69) is 15.5 Å². The third-order valence-electron chi connectivity index (χ3n) is 2.23. The molecule has 0 aliphatic carbocycles. The van der Waals surface area contributed by atoms with Crippen LogP contribution in [0.1, 0.15) is 26.2 Å². The molecular formula is C12H15N3O3. The lowest BCUT2D eigenvalue weighted by Crippen LogP contribution is -2.30. The van der Waals surface area contributed by atoms with Gasteiger partial charge in [0.15, 0.2) is 5.76 Å². The van der Waals surface area contributed by atoms with Gasteiger partial charge in [0.2, 0.25) is 17.6 Å². The van der Waals surface area contributed by atoms with E-state index in [-0.39, 0.29) is 11.9 Å². The number of aryl methyl sites for hydroxylation is 1. The second kappa shape index (κ2) is 5.48. The fourth-order valence-electron chi connectivity index (χ4n) is 1.48. The van der Waals surface area contributed by atoms with Gasteiger partial charge in [0.25, 0.3) is 0 Å². The van der Waals surface area contributed by atoms with Crippen molar-refractivity contribution in [3.05, 3.63) is 24.3 Å². The van der Waals surface area contributed by atoms with Crippen LogP contribution in [0.2, 0.25) is 0 Å². The highest BCUT2D eigenvalue weighted by atomic mass is 16.5. The van der Waals surface area contributed by atoms with Gasteiger partial charge in [-0.15, -0.1) is 0 Å². The fraction of sp³-hybridized carbons (Fsp3) is 0.417. The standard InChI is InChI=1S/C12H15N3O3/c1-8(2)13-10(16)5-6-11-14-12(15-18-11)9-4-3-7-17-9/h3-4,7-8H,5-6H2,1-2H3,(H,13,16). The summed E-state index contributed by atoms with van der Waals surface area (Å²) in [5.41, 5.74) is 0. The van der Waals surface area contributed by atoms with Gasteiger partial charge >= 0.3 is 0 Å². The van der Waals surface area contributed by atoms with Crippen LogP contribution in [0.3, 0.4) is 0 Å². The molecule has 18 heavy (non-hydrogen) atoms. The number of rotatable bonds is 5. The van der Waals surface area contributed by atoms with E-state index < -0.39 is 0 Å². The van der Waals surface area contributed by atoms with Gasteiger partial charge in [-0.1, -0.05) is 5.16 Å². The van der Waals surface area contributed by atoms with Gasteiger partial charge in [-0.2, -0.15) is 4.98 Å². The first-order chi connectivity index (χ1) is 8.65. The molecule has 1 N–H and O–H groups in total. The van der Waals surface area contributed by atoms with Gasteiger partial charge in [0, 0.05) is 18.9 Å². The zero-order valence-electron chi connectivity index (χ0n) is 10.3. The molecule has 6 nitrogen and oxygen atoms in total. The van der Waals surface area contributed by atoms with Gasteiger partial charge in [-0.05, 0) is 26.0 Å². The van der Waals surface area contributed by atoms with Gasteiger partial charge in [0.1, 0.15) is 0 Å². The van der Waals surface area contributed by atoms with Crippen molar-refractivity contribution >= 4 is 5.91 Å². The number of hydrogen-bond acceptors (Lipinski definition) is 5. The quantitative estimate of drug-likeness (QED) is 0.873. The molecule has 96 valence electrons. The zero-order chi connectivity index (χ0) is 13.0. The molecule has 0 unspecified atom stereocenters. The third kappa shape index (κ3) is 3.19. The Labute approximate surface area is 104 Å². The first-order valence-electron chi connectivity index (χ1n) is 5.81. The molecule has 0 radical (unpaired) electrons. The fourth-order valence-corrected chi connectivity index (χ4v) is 1.48. The van der Waals surface area contributed by atoms with Crippen LogP contribution in [0.5, 0.6) is 0 Å². The predicted molar refractivity (Wildman–Crippen MR) is 63.6 cm³/mol. The first kappa shape index (κ1) is 12.3. The van der Waals surface area contributed by atoms with E-state index in [1.165, 1.54) is 0 Å². The molecule has 0 aliphatic heterocycles. The van der Waals surface area contributed by atoms with Gasteiger partial charge in [0.05, 0.1) is 6.26 Å². The molecule has 0 spiro atoms. The molecule has 2 aromatic rings. The Balaban J connectivity index is 1.89. The van der Waals surface area contributed by atoms with Gasteiger partial charge in [-0.25, -0.2) is 0 Å². The zero-order valence-corrected chi connectivity index (χ0v) is 10.3. The van der Waals surface area contributed by atoms with E-state index in [4.69, 9.17) is 8.94 Å². The molecule has 0 saturated carbocycles. The molecule has 0 aromatic carbocycles. The van der Waals surface area contributed by atoms with E-state index in [1.54, 1.807) is 18.4 Å². The molecule has 2 heterocycles. The van der Waals surface area contributed by atoms with E-state index in [0.717, 1.165) is 0 Å².